The Bertz CT molecular complexity index is 1120. The number of methoxy groups -OCH3 is 1. The number of hydrogen-bond donors (Lipinski definition) is 0. The third kappa shape index (κ3) is 5.60. The van der Waals surface area contributed by atoms with Crippen molar-refractivity contribution in [1.29, 1.82) is 0 Å². The Morgan fingerprint density at radius 1 is 1.21 bits per heavy atom. The monoisotopic (exact) mass is 481 g/mol. The smallest absolute Gasteiger partial charge is 0.312 e. The molecule has 1 aromatic heterocycles. The molecule has 0 amide bonds. The Kier molecular flexibility index (Phi) is 8.76. The van der Waals surface area contributed by atoms with Gasteiger partial charge in [-0.1, -0.05) is 13.8 Å². The molecule has 0 saturated heterocycles. The largest absolute Gasteiger partial charge is 0.478 e. The van der Waals surface area contributed by atoms with Crippen LogP contribution in [0.3, 0.4) is 0 Å². The van der Waals surface area contributed by atoms with E-state index < -0.39 is 27.2 Å². The van der Waals surface area contributed by atoms with Crippen LogP contribution in [0.1, 0.15) is 48.6 Å². The van der Waals surface area contributed by atoms with E-state index in [1.54, 1.807) is 27.0 Å². The van der Waals surface area contributed by atoms with Crippen molar-refractivity contribution in [3.05, 3.63) is 51.3 Å². The zero-order valence-electron chi connectivity index (χ0n) is 19.8. The highest BCUT2D eigenvalue weighted by Gasteiger charge is 2.27. The molecule has 2 aromatic rings. The van der Waals surface area contributed by atoms with Crippen LogP contribution in [0.4, 0.5) is 5.69 Å². The Morgan fingerprint density at radius 3 is 2.39 bits per heavy atom. The normalized spacial score (nSPS) is 12.7. The first-order chi connectivity index (χ1) is 15.5. The number of benzene rings is 1. The quantitative estimate of drug-likeness (QED) is 0.258. The number of nitro groups is 1. The number of carbonyl (C=O) groups excluding carboxylic acids is 1. The molecule has 11 heteroatoms. The topological polar surface area (TPSA) is 121 Å². The maximum Gasteiger partial charge on any atom is 0.312 e. The molecule has 0 spiro atoms. The fraction of sp³-hybridized carbons (Fsp3) is 0.500. The van der Waals surface area contributed by atoms with Gasteiger partial charge in [0.1, 0.15) is 0 Å². The van der Waals surface area contributed by atoms with Gasteiger partial charge in [0.15, 0.2) is 12.4 Å². The number of ether oxygens (including phenoxy) is 2. The number of sulfonamides is 1. The van der Waals surface area contributed by atoms with Crippen molar-refractivity contribution >= 4 is 21.5 Å². The molecule has 0 aliphatic heterocycles. The summed E-state index contributed by atoms with van der Waals surface area (Å²) in [6.45, 7) is 9.59. The zero-order chi connectivity index (χ0) is 24.9. The molecule has 0 aliphatic rings. The van der Waals surface area contributed by atoms with Gasteiger partial charge in [-0.25, -0.2) is 8.42 Å². The van der Waals surface area contributed by atoms with E-state index in [0.717, 1.165) is 17.5 Å². The lowest BCUT2D eigenvalue weighted by atomic mass is 10.1. The molecule has 0 aliphatic carbocycles. The molecule has 0 saturated carbocycles. The molecular formula is C22H31N3O7S. The molecule has 2 rings (SSSR count). The summed E-state index contributed by atoms with van der Waals surface area (Å²) < 4.78 is 39.3. The lowest BCUT2D eigenvalue weighted by Crippen LogP contribution is -2.30. The molecule has 1 atom stereocenters. The highest BCUT2D eigenvalue weighted by Crippen LogP contribution is 2.31. The van der Waals surface area contributed by atoms with E-state index in [4.69, 9.17) is 9.47 Å². The van der Waals surface area contributed by atoms with Gasteiger partial charge in [0.05, 0.1) is 22.5 Å². The van der Waals surface area contributed by atoms with Crippen LogP contribution in [0, 0.1) is 24.0 Å². The number of aromatic nitrogens is 1. The second-order valence-corrected chi connectivity index (χ2v) is 9.58. The van der Waals surface area contributed by atoms with Crippen molar-refractivity contribution in [3.8, 4) is 5.75 Å². The van der Waals surface area contributed by atoms with Crippen LogP contribution in [-0.2, 0) is 14.8 Å². The van der Waals surface area contributed by atoms with Crippen molar-refractivity contribution in [2.75, 3.05) is 33.4 Å². The van der Waals surface area contributed by atoms with Gasteiger partial charge in [-0.15, -0.1) is 0 Å². The second-order valence-electron chi connectivity index (χ2n) is 7.65. The van der Waals surface area contributed by atoms with Gasteiger partial charge in [0, 0.05) is 43.2 Å². The summed E-state index contributed by atoms with van der Waals surface area (Å²) in [5.74, 6) is -0.512. The van der Waals surface area contributed by atoms with Crippen molar-refractivity contribution in [3.63, 3.8) is 0 Å². The molecule has 0 fully saturated rings. The molecule has 0 N–H and O–H groups in total. The molecule has 0 bridgehead atoms. The minimum atomic E-state index is -3.88. The lowest BCUT2D eigenvalue weighted by Gasteiger charge is -2.18. The van der Waals surface area contributed by atoms with Crippen LogP contribution in [0.2, 0.25) is 0 Å². The minimum Gasteiger partial charge on any atom is -0.478 e. The molecule has 1 aromatic carbocycles. The third-order valence-corrected chi connectivity index (χ3v) is 7.51. The van der Waals surface area contributed by atoms with E-state index in [-0.39, 0.29) is 35.6 Å². The van der Waals surface area contributed by atoms with E-state index in [2.05, 4.69) is 0 Å². The summed E-state index contributed by atoms with van der Waals surface area (Å²) in [5.41, 5.74) is 1.58. The number of carbonyl (C=O) groups is 1. The van der Waals surface area contributed by atoms with Crippen molar-refractivity contribution < 1.29 is 27.6 Å². The average Bonchev–Trinajstić information content (AvgIpc) is 3.06. The van der Waals surface area contributed by atoms with Crippen LogP contribution < -0.4 is 4.74 Å². The summed E-state index contributed by atoms with van der Waals surface area (Å²) in [7, 11) is -2.27. The molecule has 182 valence electrons. The number of aryl methyl sites for hydroxylation is 1. The summed E-state index contributed by atoms with van der Waals surface area (Å²) in [6.07, 6.45) is 0. The average molecular weight is 482 g/mol. The summed E-state index contributed by atoms with van der Waals surface area (Å²) in [5, 5.41) is 11.6. The molecule has 10 nitrogen and oxygen atoms in total. The van der Waals surface area contributed by atoms with Gasteiger partial charge in [-0.05, 0) is 39.0 Å². The van der Waals surface area contributed by atoms with Crippen LogP contribution in [0.25, 0.3) is 0 Å². The van der Waals surface area contributed by atoms with Crippen LogP contribution in [0.5, 0.6) is 5.75 Å². The fourth-order valence-corrected chi connectivity index (χ4v) is 5.39. The maximum atomic E-state index is 12.8. The van der Waals surface area contributed by atoms with Gasteiger partial charge in [-0.2, -0.15) is 4.31 Å². The molecular weight excluding hydrogens is 450 g/mol. The highest BCUT2D eigenvalue weighted by atomic mass is 32.2. The Balaban J connectivity index is 2.29. The predicted octanol–water partition coefficient (Wildman–Crippen LogP) is 3.51. The minimum absolute atomic E-state index is 0.0267. The van der Waals surface area contributed by atoms with Crippen LogP contribution in [0.15, 0.2) is 29.2 Å². The van der Waals surface area contributed by atoms with Gasteiger partial charge >= 0.3 is 5.69 Å². The van der Waals surface area contributed by atoms with Gasteiger partial charge in [0.2, 0.25) is 15.8 Å². The number of Topliss-reactive ketones (excluding diaryl/α,β-unsaturated/α-hetero) is 1. The van der Waals surface area contributed by atoms with Crippen LogP contribution >= 0.6 is 0 Å². The van der Waals surface area contributed by atoms with Crippen molar-refractivity contribution in [2.45, 2.75) is 45.6 Å². The Hall–Kier alpha value is -2.76. The number of nitrogens with zero attached hydrogens (tertiary/aromatic N) is 3. The van der Waals surface area contributed by atoms with Gasteiger partial charge in [0.25, 0.3) is 0 Å². The standard InChI is InChI=1S/C22H31N3O7S/c1-7-23(8-2)33(29,30)18-9-10-22(20(12-18)25(27)28)32-14-21(26)19-11-15(3)24(17(19)5)16(4)13-31-6/h9-12,16H,7-8,13-14H2,1-6H3/t16-/m1/s1. The molecule has 1 heterocycles. The molecule has 33 heavy (non-hydrogen) atoms. The van der Waals surface area contributed by atoms with Crippen molar-refractivity contribution in [2.24, 2.45) is 0 Å². The predicted molar refractivity (Wildman–Crippen MR) is 124 cm³/mol. The molecule has 0 radical (unpaired) electrons. The Morgan fingerprint density at radius 2 is 1.85 bits per heavy atom. The fourth-order valence-electron chi connectivity index (χ4n) is 3.91. The zero-order valence-corrected chi connectivity index (χ0v) is 20.6. The Labute approximate surface area is 194 Å². The van der Waals surface area contributed by atoms with E-state index in [1.165, 1.54) is 16.4 Å². The summed E-state index contributed by atoms with van der Waals surface area (Å²) >= 11 is 0. The first-order valence-corrected chi connectivity index (χ1v) is 12.0. The van der Waals surface area contributed by atoms with E-state index in [1.807, 2.05) is 25.3 Å². The first-order valence-electron chi connectivity index (χ1n) is 10.6. The van der Waals surface area contributed by atoms with Gasteiger partial charge in [-0.3, -0.25) is 14.9 Å². The SMILES string of the molecule is CCN(CC)S(=O)(=O)c1ccc(OCC(=O)c2cc(C)n([C@H](C)COC)c2C)c([N+](=O)[O-])c1. The third-order valence-electron chi connectivity index (χ3n) is 5.46. The van der Waals surface area contributed by atoms with E-state index in [9.17, 15) is 23.3 Å². The number of nitro benzene ring substituents is 1. The molecule has 0 unspecified atom stereocenters. The number of hydrogen-bond acceptors (Lipinski definition) is 7. The number of rotatable bonds is 12. The highest BCUT2D eigenvalue weighted by molar-refractivity contribution is 7.89. The van der Waals surface area contributed by atoms with E-state index >= 15 is 0 Å². The van der Waals surface area contributed by atoms with E-state index in [0.29, 0.717) is 12.2 Å². The summed E-state index contributed by atoms with van der Waals surface area (Å²) in [6, 6.07) is 5.20. The summed E-state index contributed by atoms with van der Waals surface area (Å²) in [4.78, 5) is 23.5. The lowest BCUT2D eigenvalue weighted by molar-refractivity contribution is -0.386. The van der Waals surface area contributed by atoms with Crippen LogP contribution in [-0.4, -0.2) is 61.4 Å². The maximum absolute atomic E-state index is 12.8. The van der Waals surface area contributed by atoms with Crippen molar-refractivity contribution in [1.82, 2.24) is 8.87 Å². The second kappa shape index (κ2) is 10.9. The first kappa shape index (κ1) is 26.5. The van der Waals surface area contributed by atoms with Gasteiger partial charge < -0.3 is 14.0 Å². The number of ketones is 1.